The number of hydrogen-bond donors (Lipinski definition) is 0. The van der Waals surface area contributed by atoms with Crippen molar-refractivity contribution < 1.29 is 9.53 Å². The van der Waals surface area contributed by atoms with Gasteiger partial charge >= 0.3 is 6.03 Å². The van der Waals surface area contributed by atoms with E-state index in [0.29, 0.717) is 13.2 Å². The molecule has 4 nitrogen and oxygen atoms in total. The quantitative estimate of drug-likeness (QED) is 0.711. The SMILES string of the molecule is CC(C)OCCN(C)C(=O)N1CCCC1. The molecule has 0 aromatic carbocycles. The average molecular weight is 214 g/mol. The highest BCUT2D eigenvalue weighted by Crippen LogP contribution is 2.09. The lowest BCUT2D eigenvalue weighted by Gasteiger charge is -2.24. The topological polar surface area (TPSA) is 32.8 Å². The number of carbonyl (C=O) groups excluding carboxylic acids is 1. The number of nitrogens with zero attached hydrogens (tertiary/aromatic N) is 2. The Balaban J connectivity index is 2.20. The first kappa shape index (κ1) is 12.3. The maximum absolute atomic E-state index is 11.8. The summed E-state index contributed by atoms with van der Waals surface area (Å²) in [7, 11) is 1.84. The zero-order valence-electron chi connectivity index (χ0n) is 10.0. The van der Waals surface area contributed by atoms with Crippen LogP contribution in [0.25, 0.3) is 0 Å². The van der Waals surface area contributed by atoms with Gasteiger partial charge in [0.15, 0.2) is 0 Å². The van der Waals surface area contributed by atoms with Crippen molar-refractivity contribution in [2.75, 3.05) is 33.3 Å². The Kier molecular flexibility index (Phi) is 4.88. The van der Waals surface area contributed by atoms with Crippen molar-refractivity contribution in [2.45, 2.75) is 32.8 Å². The third-order valence-electron chi connectivity index (χ3n) is 2.58. The zero-order valence-corrected chi connectivity index (χ0v) is 10.0. The molecule has 1 saturated heterocycles. The van der Waals surface area contributed by atoms with Crippen molar-refractivity contribution in [1.29, 1.82) is 0 Å². The molecule has 0 aromatic rings. The molecule has 0 aromatic heterocycles. The first-order valence-electron chi connectivity index (χ1n) is 5.73. The molecule has 2 amide bonds. The van der Waals surface area contributed by atoms with E-state index in [4.69, 9.17) is 4.74 Å². The van der Waals surface area contributed by atoms with Gasteiger partial charge in [-0.1, -0.05) is 0 Å². The van der Waals surface area contributed by atoms with E-state index in [9.17, 15) is 4.79 Å². The molecular weight excluding hydrogens is 192 g/mol. The molecule has 1 aliphatic heterocycles. The zero-order chi connectivity index (χ0) is 11.3. The molecule has 0 atom stereocenters. The molecule has 4 heteroatoms. The van der Waals surface area contributed by atoms with E-state index in [1.165, 1.54) is 0 Å². The Morgan fingerprint density at radius 1 is 1.40 bits per heavy atom. The highest BCUT2D eigenvalue weighted by Gasteiger charge is 2.20. The van der Waals surface area contributed by atoms with Gasteiger partial charge in [0.25, 0.3) is 0 Å². The van der Waals surface area contributed by atoms with Gasteiger partial charge in [-0.3, -0.25) is 0 Å². The largest absolute Gasteiger partial charge is 0.377 e. The number of carbonyl (C=O) groups is 1. The summed E-state index contributed by atoms with van der Waals surface area (Å²) in [5.41, 5.74) is 0. The van der Waals surface area contributed by atoms with Gasteiger partial charge in [0, 0.05) is 26.7 Å². The Morgan fingerprint density at radius 3 is 2.53 bits per heavy atom. The lowest BCUT2D eigenvalue weighted by Crippen LogP contribution is -2.41. The van der Waals surface area contributed by atoms with E-state index in [-0.39, 0.29) is 12.1 Å². The van der Waals surface area contributed by atoms with Crippen molar-refractivity contribution >= 4 is 6.03 Å². The Hall–Kier alpha value is -0.770. The minimum Gasteiger partial charge on any atom is -0.377 e. The van der Waals surface area contributed by atoms with Gasteiger partial charge in [0.05, 0.1) is 12.7 Å². The smallest absolute Gasteiger partial charge is 0.319 e. The van der Waals surface area contributed by atoms with Crippen LogP contribution in [0.2, 0.25) is 0 Å². The Labute approximate surface area is 92.2 Å². The second-order valence-electron chi connectivity index (χ2n) is 4.32. The van der Waals surface area contributed by atoms with Gasteiger partial charge in [-0.15, -0.1) is 0 Å². The number of hydrogen-bond acceptors (Lipinski definition) is 2. The molecular formula is C11H22N2O2. The molecule has 0 spiro atoms. The molecule has 0 radical (unpaired) electrons. The van der Waals surface area contributed by atoms with Gasteiger partial charge < -0.3 is 14.5 Å². The van der Waals surface area contributed by atoms with E-state index in [2.05, 4.69) is 0 Å². The molecule has 0 N–H and O–H groups in total. The molecule has 1 rings (SSSR count). The second-order valence-corrected chi connectivity index (χ2v) is 4.32. The van der Waals surface area contributed by atoms with Gasteiger partial charge in [-0.2, -0.15) is 0 Å². The van der Waals surface area contributed by atoms with Crippen LogP contribution in [0.15, 0.2) is 0 Å². The molecule has 1 fully saturated rings. The van der Waals surface area contributed by atoms with Crippen molar-refractivity contribution in [1.82, 2.24) is 9.80 Å². The number of likely N-dealkylation sites (N-methyl/N-ethyl adjacent to an activating group) is 1. The normalized spacial score (nSPS) is 16.1. The Morgan fingerprint density at radius 2 is 2.00 bits per heavy atom. The fraction of sp³-hybridized carbons (Fsp3) is 0.909. The molecule has 0 unspecified atom stereocenters. The standard InChI is InChI=1S/C11H22N2O2/c1-10(2)15-9-8-12(3)11(14)13-6-4-5-7-13/h10H,4-9H2,1-3H3. The van der Waals surface area contributed by atoms with Crippen molar-refractivity contribution in [3.05, 3.63) is 0 Å². The fourth-order valence-electron chi connectivity index (χ4n) is 1.67. The molecule has 0 saturated carbocycles. The third-order valence-corrected chi connectivity index (χ3v) is 2.58. The molecule has 0 bridgehead atoms. The summed E-state index contributed by atoms with van der Waals surface area (Å²) in [5.74, 6) is 0. The highest BCUT2D eigenvalue weighted by molar-refractivity contribution is 5.74. The summed E-state index contributed by atoms with van der Waals surface area (Å²) in [6.45, 7) is 7.12. The van der Waals surface area contributed by atoms with Crippen LogP contribution in [0.3, 0.4) is 0 Å². The van der Waals surface area contributed by atoms with Crippen molar-refractivity contribution in [2.24, 2.45) is 0 Å². The molecule has 0 aliphatic carbocycles. The maximum Gasteiger partial charge on any atom is 0.319 e. The number of rotatable bonds is 4. The lowest BCUT2D eigenvalue weighted by atomic mass is 10.4. The van der Waals surface area contributed by atoms with E-state index in [1.54, 1.807) is 4.90 Å². The summed E-state index contributed by atoms with van der Waals surface area (Å²) in [5, 5.41) is 0. The van der Waals surface area contributed by atoms with Crippen LogP contribution >= 0.6 is 0 Å². The molecule has 88 valence electrons. The summed E-state index contributed by atoms with van der Waals surface area (Å²) in [6, 6.07) is 0.139. The summed E-state index contributed by atoms with van der Waals surface area (Å²) >= 11 is 0. The number of ether oxygens (including phenoxy) is 1. The van der Waals surface area contributed by atoms with Crippen LogP contribution in [0, 0.1) is 0 Å². The first-order valence-corrected chi connectivity index (χ1v) is 5.73. The van der Waals surface area contributed by atoms with Gasteiger partial charge in [-0.05, 0) is 26.7 Å². The maximum atomic E-state index is 11.8. The summed E-state index contributed by atoms with van der Waals surface area (Å²) in [4.78, 5) is 15.5. The van der Waals surface area contributed by atoms with E-state index < -0.39 is 0 Å². The van der Waals surface area contributed by atoms with E-state index in [0.717, 1.165) is 25.9 Å². The van der Waals surface area contributed by atoms with Crippen LogP contribution in [-0.4, -0.2) is 55.2 Å². The van der Waals surface area contributed by atoms with Crippen LogP contribution in [0.1, 0.15) is 26.7 Å². The minimum absolute atomic E-state index is 0.139. The number of amides is 2. The highest BCUT2D eigenvalue weighted by atomic mass is 16.5. The predicted molar refractivity (Wildman–Crippen MR) is 59.9 cm³/mol. The monoisotopic (exact) mass is 214 g/mol. The van der Waals surface area contributed by atoms with E-state index in [1.807, 2.05) is 25.8 Å². The summed E-state index contributed by atoms with van der Waals surface area (Å²) < 4.78 is 5.41. The van der Waals surface area contributed by atoms with Gasteiger partial charge in [-0.25, -0.2) is 4.79 Å². The predicted octanol–water partition coefficient (Wildman–Crippen LogP) is 1.56. The van der Waals surface area contributed by atoms with Crippen LogP contribution in [0.4, 0.5) is 4.79 Å². The lowest BCUT2D eigenvalue weighted by molar-refractivity contribution is 0.0651. The molecule has 1 aliphatic rings. The van der Waals surface area contributed by atoms with Gasteiger partial charge in [0.1, 0.15) is 0 Å². The van der Waals surface area contributed by atoms with Crippen molar-refractivity contribution in [3.8, 4) is 0 Å². The number of urea groups is 1. The van der Waals surface area contributed by atoms with Crippen LogP contribution in [0.5, 0.6) is 0 Å². The average Bonchev–Trinajstić information content (AvgIpc) is 2.68. The molecule has 15 heavy (non-hydrogen) atoms. The molecule has 1 heterocycles. The first-order chi connectivity index (χ1) is 7.11. The fourth-order valence-corrected chi connectivity index (χ4v) is 1.67. The van der Waals surface area contributed by atoms with Crippen LogP contribution in [-0.2, 0) is 4.74 Å². The number of likely N-dealkylation sites (tertiary alicyclic amines) is 1. The van der Waals surface area contributed by atoms with Crippen LogP contribution < -0.4 is 0 Å². The van der Waals surface area contributed by atoms with E-state index >= 15 is 0 Å². The minimum atomic E-state index is 0.139. The second kappa shape index (κ2) is 5.95. The van der Waals surface area contributed by atoms with Crippen molar-refractivity contribution in [3.63, 3.8) is 0 Å². The summed E-state index contributed by atoms with van der Waals surface area (Å²) in [6.07, 6.45) is 2.52. The Bertz CT molecular complexity index is 201. The van der Waals surface area contributed by atoms with Gasteiger partial charge in [0.2, 0.25) is 0 Å². The third kappa shape index (κ3) is 4.08.